The van der Waals surface area contributed by atoms with E-state index in [9.17, 15) is 9.59 Å². The topological polar surface area (TPSA) is 89.9 Å². The van der Waals surface area contributed by atoms with Gasteiger partial charge >= 0.3 is 12.0 Å². The Morgan fingerprint density at radius 2 is 2.28 bits per heavy atom. The Kier molecular flexibility index (Phi) is 5.60. The Labute approximate surface area is 109 Å². The van der Waals surface area contributed by atoms with Crippen LogP contribution in [0, 0.1) is 0 Å². The quantitative estimate of drug-likeness (QED) is 0.712. The third-order valence-corrected chi connectivity index (χ3v) is 3.06. The molecular weight excluding hydrogens is 256 g/mol. The molecule has 2 amide bonds. The summed E-state index contributed by atoms with van der Waals surface area (Å²) in [7, 11) is 1.65. The predicted molar refractivity (Wildman–Crippen MR) is 67.4 cm³/mol. The van der Waals surface area contributed by atoms with Gasteiger partial charge in [0.1, 0.15) is 0 Å². The first-order chi connectivity index (χ1) is 8.50. The zero-order valence-electron chi connectivity index (χ0n) is 10.00. The number of carboxylic acids is 1. The molecule has 1 aromatic rings. The second-order valence-electron chi connectivity index (χ2n) is 3.86. The largest absolute Gasteiger partial charge is 0.479 e. The average molecular weight is 272 g/mol. The maximum absolute atomic E-state index is 11.6. The summed E-state index contributed by atoms with van der Waals surface area (Å²) in [5, 5.41) is 23.9. The minimum Gasteiger partial charge on any atom is -0.479 e. The van der Waals surface area contributed by atoms with Gasteiger partial charge in [0.05, 0.1) is 0 Å². The number of hydrogen-bond acceptors (Lipinski definition) is 4. The van der Waals surface area contributed by atoms with Crippen LogP contribution in [0.5, 0.6) is 0 Å². The van der Waals surface area contributed by atoms with Crippen molar-refractivity contribution in [3.05, 3.63) is 22.4 Å². The number of aliphatic carboxylic acids is 1. The van der Waals surface area contributed by atoms with Crippen LogP contribution in [0.25, 0.3) is 0 Å². The maximum Gasteiger partial charge on any atom is 0.332 e. The van der Waals surface area contributed by atoms with E-state index < -0.39 is 12.1 Å². The zero-order valence-corrected chi connectivity index (χ0v) is 10.8. The molecule has 0 saturated heterocycles. The monoisotopic (exact) mass is 272 g/mol. The van der Waals surface area contributed by atoms with E-state index in [2.05, 4.69) is 5.32 Å². The number of carboxylic acid groups (broad SMARTS) is 1. The standard InChI is InChI=1S/C11H16N2O4S/c1-13(6-8-3-5-18-7-8)11(17)12-4-2-9(14)10(15)16/h3,5,7,9,14H,2,4,6H2,1H3,(H,12,17)(H,15,16)/t9-/m0/s1. The first-order valence-corrected chi connectivity index (χ1v) is 6.36. The van der Waals surface area contributed by atoms with E-state index in [1.54, 1.807) is 18.4 Å². The van der Waals surface area contributed by atoms with Crippen LogP contribution in [0.4, 0.5) is 4.79 Å². The number of rotatable bonds is 6. The number of urea groups is 1. The Morgan fingerprint density at radius 1 is 1.56 bits per heavy atom. The molecule has 0 aliphatic carbocycles. The van der Waals surface area contributed by atoms with Gasteiger partial charge in [-0.05, 0) is 22.4 Å². The van der Waals surface area contributed by atoms with Crippen molar-refractivity contribution in [2.24, 2.45) is 0 Å². The predicted octanol–water partition coefficient (Wildman–Crippen LogP) is 0.725. The highest BCUT2D eigenvalue weighted by molar-refractivity contribution is 7.07. The number of nitrogens with zero attached hydrogens (tertiary/aromatic N) is 1. The number of aliphatic hydroxyl groups is 1. The minimum absolute atomic E-state index is 0.00658. The summed E-state index contributed by atoms with van der Waals surface area (Å²) >= 11 is 1.56. The molecule has 0 unspecified atom stereocenters. The summed E-state index contributed by atoms with van der Waals surface area (Å²) in [4.78, 5) is 23.5. The lowest BCUT2D eigenvalue weighted by atomic mass is 10.2. The summed E-state index contributed by atoms with van der Waals surface area (Å²) in [5.74, 6) is -1.28. The fourth-order valence-corrected chi connectivity index (χ4v) is 1.96. The number of thiophene rings is 1. The van der Waals surface area contributed by atoms with Gasteiger partial charge in [-0.1, -0.05) is 0 Å². The van der Waals surface area contributed by atoms with Gasteiger partial charge in [0.2, 0.25) is 0 Å². The van der Waals surface area contributed by atoms with Gasteiger partial charge in [0.15, 0.2) is 6.10 Å². The molecule has 0 fully saturated rings. The summed E-state index contributed by atoms with van der Waals surface area (Å²) in [6.45, 7) is 0.622. The Hall–Kier alpha value is -1.60. The SMILES string of the molecule is CN(Cc1ccsc1)C(=O)NCC[C@H](O)C(=O)O. The average Bonchev–Trinajstić information content (AvgIpc) is 2.81. The smallest absolute Gasteiger partial charge is 0.332 e. The molecule has 6 nitrogen and oxygen atoms in total. The molecule has 1 aromatic heterocycles. The van der Waals surface area contributed by atoms with Gasteiger partial charge < -0.3 is 20.4 Å². The third-order valence-electron chi connectivity index (χ3n) is 2.33. The molecule has 1 atom stereocenters. The molecule has 0 aromatic carbocycles. The number of hydrogen-bond donors (Lipinski definition) is 3. The summed E-state index contributed by atoms with van der Waals surface area (Å²) < 4.78 is 0. The molecule has 0 saturated carbocycles. The molecular formula is C11H16N2O4S. The number of carbonyl (C=O) groups excluding carboxylic acids is 1. The molecule has 0 aliphatic heterocycles. The molecule has 1 heterocycles. The summed E-state index contributed by atoms with van der Waals surface area (Å²) in [6.07, 6.45) is -1.44. The van der Waals surface area contributed by atoms with E-state index in [4.69, 9.17) is 10.2 Å². The highest BCUT2D eigenvalue weighted by atomic mass is 32.1. The van der Waals surface area contributed by atoms with E-state index in [0.717, 1.165) is 5.56 Å². The van der Waals surface area contributed by atoms with Crippen molar-refractivity contribution in [3.8, 4) is 0 Å². The van der Waals surface area contributed by atoms with Gasteiger partial charge in [0, 0.05) is 26.6 Å². The Balaban J connectivity index is 2.26. The third kappa shape index (κ3) is 4.72. The van der Waals surface area contributed by atoms with Gasteiger partial charge in [-0.3, -0.25) is 0 Å². The van der Waals surface area contributed by atoms with E-state index in [1.165, 1.54) is 4.90 Å². The van der Waals surface area contributed by atoms with Crippen LogP contribution in [-0.4, -0.2) is 46.8 Å². The molecule has 1 rings (SSSR count). The number of amides is 2. The first kappa shape index (κ1) is 14.5. The van der Waals surface area contributed by atoms with Crippen LogP contribution in [-0.2, 0) is 11.3 Å². The normalized spacial score (nSPS) is 11.9. The minimum atomic E-state index is -1.44. The van der Waals surface area contributed by atoms with Crippen molar-refractivity contribution < 1.29 is 19.8 Å². The van der Waals surface area contributed by atoms with Crippen LogP contribution in [0.2, 0.25) is 0 Å². The van der Waals surface area contributed by atoms with Gasteiger partial charge in [0.25, 0.3) is 0 Å². The molecule has 0 spiro atoms. The number of aliphatic hydroxyl groups excluding tert-OH is 1. The van der Waals surface area contributed by atoms with Crippen molar-refractivity contribution in [2.75, 3.05) is 13.6 Å². The number of nitrogens with one attached hydrogen (secondary N) is 1. The fraction of sp³-hybridized carbons (Fsp3) is 0.455. The molecule has 0 bridgehead atoms. The summed E-state index contributed by atoms with van der Waals surface area (Å²) in [5.41, 5.74) is 1.04. The van der Waals surface area contributed by atoms with Crippen molar-refractivity contribution in [2.45, 2.75) is 19.1 Å². The second kappa shape index (κ2) is 6.97. The lowest BCUT2D eigenvalue weighted by Gasteiger charge is -2.17. The van der Waals surface area contributed by atoms with Gasteiger partial charge in [-0.2, -0.15) is 11.3 Å². The molecule has 0 radical (unpaired) electrons. The molecule has 100 valence electrons. The van der Waals surface area contributed by atoms with E-state index in [1.807, 2.05) is 16.8 Å². The van der Waals surface area contributed by atoms with Crippen molar-refractivity contribution in [1.82, 2.24) is 10.2 Å². The van der Waals surface area contributed by atoms with Crippen LogP contribution in [0.15, 0.2) is 16.8 Å². The van der Waals surface area contributed by atoms with E-state index in [-0.39, 0.29) is 19.0 Å². The Morgan fingerprint density at radius 3 is 2.83 bits per heavy atom. The van der Waals surface area contributed by atoms with Crippen molar-refractivity contribution in [1.29, 1.82) is 0 Å². The highest BCUT2D eigenvalue weighted by Crippen LogP contribution is 2.08. The van der Waals surface area contributed by atoms with Crippen LogP contribution in [0.3, 0.4) is 0 Å². The first-order valence-electron chi connectivity index (χ1n) is 5.41. The van der Waals surface area contributed by atoms with Gasteiger partial charge in [-0.15, -0.1) is 0 Å². The zero-order chi connectivity index (χ0) is 13.5. The van der Waals surface area contributed by atoms with E-state index >= 15 is 0 Å². The molecule has 7 heteroatoms. The summed E-state index contributed by atoms with van der Waals surface area (Å²) in [6, 6.07) is 1.64. The second-order valence-corrected chi connectivity index (χ2v) is 4.64. The maximum atomic E-state index is 11.6. The lowest BCUT2D eigenvalue weighted by molar-refractivity contribution is -0.146. The molecule has 0 aliphatic rings. The van der Waals surface area contributed by atoms with Crippen molar-refractivity contribution in [3.63, 3.8) is 0 Å². The number of carbonyl (C=O) groups is 2. The van der Waals surface area contributed by atoms with Gasteiger partial charge in [-0.25, -0.2) is 9.59 Å². The molecule has 3 N–H and O–H groups in total. The van der Waals surface area contributed by atoms with Crippen molar-refractivity contribution >= 4 is 23.3 Å². The van der Waals surface area contributed by atoms with E-state index in [0.29, 0.717) is 6.54 Å². The van der Waals surface area contributed by atoms with Crippen LogP contribution < -0.4 is 5.32 Å². The van der Waals surface area contributed by atoms with Crippen LogP contribution >= 0.6 is 11.3 Å². The Bertz CT molecular complexity index is 394. The van der Waals surface area contributed by atoms with Crippen LogP contribution in [0.1, 0.15) is 12.0 Å². The lowest BCUT2D eigenvalue weighted by Crippen LogP contribution is -2.38. The highest BCUT2D eigenvalue weighted by Gasteiger charge is 2.14. The fourth-order valence-electron chi connectivity index (χ4n) is 1.30. The molecule has 18 heavy (non-hydrogen) atoms.